The van der Waals surface area contributed by atoms with Crippen molar-refractivity contribution in [3.05, 3.63) is 29.3 Å². The van der Waals surface area contributed by atoms with Gasteiger partial charge in [-0.05, 0) is 52.2 Å². The molecule has 0 unspecified atom stereocenters. The molecule has 0 aliphatic heterocycles. The molecule has 0 amide bonds. The van der Waals surface area contributed by atoms with Gasteiger partial charge in [-0.1, -0.05) is 17.7 Å². The van der Waals surface area contributed by atoms with E-state index in [9.17, 15) is 0 Å². The quantitative estimate of drug-likeness (QED) is 0.832. The van der Waals surface area contributed by atoms with E-state index in [2.05, 4.69) is 56.1 Å². The van der Waals surface area contributed by atoms with Crippen LogP contribution < -0.4 is 10.2 Å². The zero-order valence-electron chi connectivity index (χ0n) is 14.2. The average Bonchev–Trinajstić information content (AvgIpc) is 3.22. The first-order valence-electron chi connectivity index (χ1n) is 8.01. The van der Waals surface area contributed by atoms with Crippen LogP contribution >= 0.6 is 0 Å². The van der Waals surface area contributed by atoms with E-state index < -0.39 is 0 Å². The molecule has 1 aliphatic rings. The molecule has 1 saturated carbocycles. The first kappa shape index (κ1) is 16.3. The van der Waals surface area contributed by atoms with Gasteiger partial charge in [0.05, 0.1) is 6.61 Å². The van der Waals surface area contributed by atoms with Crippen LogP contribution in [-0.2, 0) is 11.3 Å². The van der Waals surface area contributed by atoms with Crippen LogP contribution in [0.1, 0.15) is 44.7 Å². The number of aryl methyl sites for hydroxylation is 1. The number of hydrogen-bond donors (Lipinski definition) is 1. The van der Waals surface area contributed by atoms with E-state index in [-0.39, 0.29) is 5.54 Å². The van der Waals surface area contributed by atoms with Crippen LogP contribution in [0.2, 0.25) is 0 Å². The number of benzene rings is 1. The molecule has 0 saturated heterocycles. The lowest BCUT2D eigenvalue weighted by molar-refractivity contribution is 0.205. The zero-order chi connectivity index (χ0) is 15.5. The van der Waals surface area contributed by atoms with Crippen molar-refractivity contribution in [3.8, 4) is 0 Å². The highest BCUT2D eigenvalue weighted by Gasteiger charge is 2.30. The Bertz CT molecular complexity index is 461. The third kappa shape index (κ3) is 5.01. The summed E-state index contributed by atoms with van der Waals surface area (Å²) in [4.78, 5) is 2.53. The van der Waals surface area contributed by atoms with Crippen LogP contribution in [0.3, 0.4) is 0 Å². The highest BCUT2D eigenvalue weighted by atomic mass is 16.5. The minimum absolute atomic E-state index is 0.137. The largest absolute Gasteiger partial charge is 0.383 e. The number of hydrogen-bond acceptors (Lipinski definition) is 3. The molecule has 0 heterocycles. The SMILES string of the molecule is COCCN(c1ccc(C)cc1CNC(C)(C)C)C1CC1. The Labute approximate surface area is 129 Å². The van der Waals surface area contributed by atoms with Gasteiger partial charge >= 0.3 is 0 Å². The van der Waals surface area contributed by atoms with Crippen molar-refractivity contribution in [1.29, 1.82) is 0 Å². The minimum Gasteiger partial charge on any atom is -0.383 e. The van der Waals surface area contributed by atoms with Gasteiger partial charge in [-0.15, -0.1) is 0 Å². The number of ether oxygens (including phenoxy) is 1. The Morgan fingerprint density at radius 2 is 2.00 bits per heavy atom. The molecule has 1 aromatic rings. The molecule has 3 nitrogen and oxygen atoms in total. The molecular weight excluding hydrogens is 260 g/mol. The Morgan fingerprint density at radius 3 is 2.57 bits per heavy atom. The molecule has 1 N–H and O–H groups in total. The molecule has 0 bridgehead atoms. The molecule has 3 heteroatoms. The third-order valence-electron chi connectivity index (χ3n) is 3.88. The van der Waals surface area contributed by atoms with Gasteiger partial charge in [0, 0.05) is 37.5 Å². The summed E-state index contributed by atoms with van der Waals surface area (Å²) in [6.07, 6.45) is 2.62. The van der Waals surface area contributed by atoms with Crippen LogP contribution in [-0.4, -0.2) is 31.8 Å². The van der Waals surface area contributed by atoms with Crippen molar-refractivity contribution in [2.75, 3.05) is 25.2 Å². The number of anilines is 1. The predicted octanol–water partition coefficient (Wildman–Crippen LogP) is 3.50. The van der Waals surface area contributed by atoms with Crippen molar-refractivity contribution >= 4 is 5.69 Å². The molecule has 118 valence electrons. The summed E-state index contributed by atoms with van der Waals surface area (Å²) in [5.74, 6) is 0. The van der Waals surface area contributed by atoms with Crippen molar-refractivity contribution in [2.45, 2.75) is 58.7 Å². The monoisotopic (exact) mass is 290 g/mol. The summed E-state index contributed by atoms with van der Waals surface area (Å²) >= 11 is 0. The second kappa shape index (κ2) is 6.80. The highest BCUT2D eigenvalue weighted by Crippen LogP contribution is 2.34. The first-order valence-corrected chi connectivity index (χ1v) is 8.01. The molecule has 1 fully saturated rings. The Morgan fingerprint density at radius 1 is 1.29 bits per heavy atom. The van der Waals surface area contributed by atoms with Crippen LogP contribution in [0, 0.1) is 6.92 Å². The Balaban J connectivity index is 2.19. The number of rotatable bonds is 7. The average molecular weight is 290 g/mol. The smallest absolute Gasteiger partial charge is 0.0637 e. The summed E-state index contributed by atoms with van der Waals surface area (Å²) in [5, 5.41) is 3.62. The maximum absolute atomic E-state index is 5.29. The fraction of sp³-hybridized carbons (Fsp3) is 0.667. The molecule has 21 heavy (non-hydrogen) atoms. The van der Waals surface area contributed by atoms with E-state index in [1.807, 2.05) is 0 Å². The van der Waals surface area contributed by atoms with E-state index in [4.69, 9.17) is 4.74 Å². The molecule has 0 atom stereocenters. The normalized spacial score (nSPS) is 15.3. The topological polar surface area (TPSA) is 24.5 Å². The molecule has 1 aromatic carbocycles. The van der Waals surface area contributed by atoms with Gasteiger partial charge in [0.15, 0.2) is 0 Å². The van der Waals surface area contributed by atoms with Gasteiger partial charge < -0.3 is 15.0 Å². The number of nitrogens with one attached hydrogen (secondary N) is 1. The molecule has 0 spiro atoms. The van der Waals surface area contributed by atoms with Crippen LogP contribution in [0.5, 0.6) is 0 Å². The predicted molar refractivity (Wildman–Crippen MR) is 90.0 cm³/mol. The summed E-state index contributed by atoms with van der Waals surface area (Å²) in [7, 11) is 1.78. The maximum atomic E-state index is 5.29. The lowest BCUT2D eigenvalue weighted by Gasteiger charge is -2.29. The Hall–Kier alpha value is -1.06. The fourth-order valence-corrected chi connectivity index (χ4v) is 2.57. The van der Waals surface area contributed by atoms with E-state index >= 15 is 0 Å². The maximum Gasteiger partial charge on any atom is 0.0637 e. The van der Waals surface area contributed by atoms with Gasteiger partial charge in [0.2, 0.25) is 0 Å². The lowest BCUT2D eigenvalue weighted by Crippen LogP contribution is -2.36. The van der Waals surface area contributed by atoms with Gasteiger partial charge in [0.1, 0.15) is 0 Å². The standard InChI is InChI=1S/C18H30N2O/c1-14-6-9-17(15(12-14)13-19-18(2,3)4)20(10-11-21-5)16-7-8-16/h6,9,12,16,19H,7-8,10-11,13H2,1-5H3. The molecule has 1 aliphatic carbocycles. The zero-order valence-corrected chi connectivity index (χ0v) is 14.2. The summed E-state index contributed by atoms with van der Waals surface area (Å²) < 4.78 is 5.29. The van der Waals surface area contributed by atoms with E-state index in [0.29, 0.717) is 6.04 Å². The van der Waals surface area contributed by atoms with E-state index in [1.54, 1.807) is 7.11 Å². The van der Waals surface area contributed by atoms with Gasteiger partial charge in [0.25, 0.3) is 0 Å². The Kier molecular flexibility index (Phi) is 5.28. The second-order valence-corrected chi connectivity index (χ2v) is 7.15. The van der Waals surface area contributed by atoms with Gasteiger partial charge in [-0.2, -0.15) is 0 Å². The third-order valence-corrected chi connectivity index (χ3v) is 3.88. The van der Waals surface area contributed by atoms with Crippen LogP contribution in [0.15, 0.2) is 18.2 Å². The summed E-state index contributed by atoms with van der Waals surface area (Å²) in [6.45, 7) is 11.5. The number of methoxy groups -OCH3 is 1. The van der Waals surface area contributed by atoms with Crippen LogP contribution in [0.4, 0.5) is 5.69 Å². The van der Waals surface area contributed by atoms with E-state index in [0.717, 1.165) is 19.7 Å². The lowest BCUT2D eigenvalue weighted by atomic mass is 10.0. The molecular formula is C18H30N2O. The summed E-state index contributed by atoms with van der Waals surface area (Å²) in [6, 6.07) is 7.52. The molecule has 2 rings (SSSR count). The first-order chi connectivity index (χ1) is 9.90. The van der Waals surface area contributed by atoms with Crippen molar-refractivity contribution in [3.63, 3.8) is 0 Å². The molecule has 0 radical (unpaired) electrons. The van der Waals surface area contributed by atoms with Crippen molar-refractivity contribution < 1.29 is 4.74 Å². The molecule has 0 aromatic heterocycles. The van der Waals surface area contributed by atoms with Gasteiger partial charge in [-0.3, -0.25) is 0 Å². The van der Waals surface area contributed by atoms with Gasteiger partial charge in [-0.25, -0.2) is 0 Å². The minimum atomic E-state index is 0.137. The number of nitrogens with zero attached hydrogens (tertiary/aromatic N) is 1. The second-order valence-electron chi connectivity index (χ2n) is 7.15. The van der Waals surface area contributed by atoms with Crippen LogP contribution in [0.25, 0.3) is 0 Å². The van der Waals surface area contributed by atoms with Crippen molar-refractivity contribution in [1.82, 2.24) is 5.32 Å². The van der Waals surface area contributed by atoms with E-state index in [1.165, 1.54) is 29.7 Å². The highest BCUT2D eigenvalue weighted by molar-refractivity contribution is 5.56. The van der Waals surface area contributed by atoms with Crippen molar-refractivity contribution in [2.24, 2.45) is 0 Å². The summed E-state index contributed by atoms with van der Waals surface area (Å²) in [5.41, 5.74) is 4.23. The fourth-order valence-electron chi connectivity index (χ4n) is 2.57.